The Labute approximate surface area is 187 Å². The minimum absolute atomic E-state index is 0.0725. The van der Waals surface area contributed by atoms with Crippen LogP contribution in [-0.2, 0) is 33.4 Å². The van der Waals surface area contributed by atoms with Crippen LogP contribution in [0.4, 0.5) is 0 Å². The molecule has 0 spiro atoms. The van der Waals surface area contributed by atoms with Crippen molar-refractivity contribution in [2.75, 3.05) is 19.8 Å². The van der Waals surface area contributed by atoms with Crippen molar-refractivity contribution >= 4 is 35.7 Å². The van der Waals surface area contributed by atoms with E-state index >= 15 is 0 Å². The number of nitrogens with one attached hydrogen (secondary N) is 4. The number of hydrogen-bond donors (Lipinski definition) is 4. The molecule has 0 aliphatic carbocycles. The van der Waals surface area contributed by atoms with Crippen LogP contribution in [0.15, 0.2) is 0 Å². The molecule has 0 saturated carbocycles. The van der Waals surface area contributed by atoms with E-state index in [2.05, 4.69) is 16.0 Å². The Kier molecular flexibility index (Phi) is 11.5. The van der Waals surface area contributed by atoms with Crippen LogP contribution in [0.5, 0.6) is 0 Å². The minimum atomic E-state index is -1.15. The summed E-state index contributed by atoms with van der Waals surface area (Å²) in [6.07, 6.45) is 0.775. The van der Waals surface area contributed by atoms with E-state index in [1.807, 2.05) is 13.8 Å². The van der Waals surface area contributed by atoms with Crippen molar-refractivity contribution < 1.29 is 33.4 Å². The van der Waals surface area contributed by atoms with Gasteiger partial charge in [-0.15, -0.1) is 0 Å². The Morgan fingerprint density at radius 3 is 2.16 bits per heavy atom. The lowest BCUT2D eigenvalue weighted by molar-refractivity contribution is -0.155. The number of Topliss-reactive ketones (excluding diaryl/α,β-unsaturated/α-hetero) is 1. The molecule has 1 rings (SSSR count). The molecule has 1 saturated heterocycles. The second-order valence-electron chi connectivity index (χ2n) is 8.13. The normalized spacial score (nSPS) is 16.2. The monoisotopic (exact) mass is 454 g/mol. The van der Waals surface area contributed by atoms with E-state index in [1.54, 1.807) is 6.92 Å². The van der Waals surface area contributed by atoms with Crippen LogP contribution in [-0.4, -0.2) is 73.6 Å². The average Bonchev–Trinajstić information content (AvgIpc) is 2.67. The van der Waals surface area contributed by atoms with Crippen LogP contribution < -0.4 is 16.0 Å². The molecule has 1 heterocycles. The second-order valence-corrected chi connectivity index (χ2v) is 8.13. The molecule has 1 aliphatic heterocycles. The lowest BCUT2D eigenvalue weighted by Gasteiger charge is -2.33. The Balaban J connectivity index is 2.98. The lowest BCUT2D eigenvalue weighted by atomic mass is 9.97. The zero-order chi connectivity index (χ0) is 24.3. The first kappa shape index (κ1) is 27.2. The first-order valence-electron chi connectivity index (χ1n) is 10.7. The molecule has 3 atom stereocenters. The topological polar surface area (TPSA) is 164 Å². The Bertz CT molecular complexity index is 706. The maximum absolute atomic E-state index is 13.0. The van der Waals surface area contributed by atoms with Gasteiger partial charge in [-0.3, -0.25) is 19.2 Å². The third-order valence-corrected chi connectivity index (χ3v) is 4.85. The SMILES string of the molecule is CCOC(=O)C(NC(=O)[C@H](CCC(=O)C=N)NC(=O)[C@H](CC(C)C)NC(C)=O)C1COC1. The largest absolute Gasteiger partial charge is 0.464 e. The molecule has 0 aromatic heterocycles. The van der Waals surface area contributed by atoms with Crippen molar-refractivity contribution in [2.24, 2.45) is 11.8 Å². The third kappa shape index (κ3) is 9.13. The smallest absolute Gasteiger partial charge is 0.329 e. The standard InChI is InChI=1S/C21H34N4O7/c1-5-32-21(30)18(14-10-31-11-14)25-19(28)16(7-6-15(27)9-22)24-20(29)17(8-12(2)3)23-13(4)26/h9,12,14,16-18,22H,5-8,10-11H2,1-4H3,(H,23,26)(H,24,29)(H,25,28)/t16-,17-,18?/m0/s1. The summed E-state index contributed by atoms with van der Waals surface area (Å²) >= 11 is 0. The van der Waals surface area contributed by atoms with Crippen molar-refractivity contribution in [1.29, 1.82) is 5.41 Å². The highest BCUT2D eigenvalue weighted by atomic mass is 16.5. The summed E-state index contributed by atoms with van der Waals surface area (Å²) in [7, 11) is 0. The summed E-state index contributed by atoms with van der Waals surface area (Å²) in [5, 5.41) is 14.8. The van der Waals surface area contributed by atoms with Crippen molar-refractivity contribution in [2.45, 2.75) is 65.1 Å². The summed E-state index contributed by atoms with van der Waals surface area (Å²) in [6, 6.07) is -2.95. The van der Waals surface area contributed by atoms with E-state index < -0.39 is 47.6 Å². The van der Waals surface area contributed by atoms with Gasteiger partial charge in [0, 0.05) is 19.3 Å². The Morgan fingerprint density at radius 1 is 1.06 bits per heavy atom. The van der Waals surface area contributed by atoms with E-state index in [9.17, 15) is 24.0 Å². The van der Waals surface area contributed by atoms with Crippen molar-refractivity contribution in [3.8, 4) is 0 Å². The van der Waals surface area contributed by atoms with E-state index in [1.165, 1.54) is 6.92 Å². The quantitative estimate of drug-likeness (QED) is 0.207. The molecule has 0 aromatic carbocycles. The first-order chi connectivity index (χ1) is 15.1. The van der Waals surface area contributed by atoms with Gasteiger partial charge in [0.25, 0.3) is 0 Å². The Hall–Kier alpha value is -2.82. The third-order valence-electron chi connectivity index (χ3n) is 4.85. The van der Waals surface area contributed by atoms with Gasteiger partial charge in [0.2, 0.25) is 17.7 Å². The van der Waals surface area contributed by atoms with Gasteiger partial charge >= 0.3 is 5.97 Å². The molecule has 32 heavy (non-hydrogen) atoms. The van der Waals surface area contributed by atoms with Crippen LogP contribution in [0.2, 0.25) is 0 Å². The maximum atomic E-state index is 13.0. The summed E-state index contributed by atoms with van der Waals surface area (Å²) in [5.74, 6) is -2.90. The number of carbonyl (C=O) groups excluding carboxylic acids is 5. The summed E-state index contributed by atoms with van der Waals surface area (Å²) < 4.78 is 10.1. The number of ketones is 1. The van der Waals surface area contributed by atoms with Crippen LogP contribution in [0.3, 0.4) is 0 Å². The molecular weight excluding hydrogens is 420 g/mol. The molecule has 180 valence electrons. The fraction of sp³-hybridized carbons (Fsp3) is 0.714. The summed E-state index contributed by atoms with van der Waals surface area (Å²) in [4.78, 5) is 61.2. The number of ether oxygens (including phenoxy) is 2. The molecular formula is C21H34N4O7. The highest BCUT2D eigenvalue weighted by Crippen LogP contribution is 2.17. The van der Waals surface area contributed by atoms with Gasteiger partial charge in [-0.1, -0.05) is 13.8 Å². The molecule has 1 fully saturated rings. The van der Waals surface area contributed by atoms with E-state index in [0.717, 1.165) is 0 Å². The molecule has 1 unspecified atom stereocenters. The number of amides is 3. The van der Waals surface area contributed by atoms with Crippen LogP contribution >= 0.6 is 0 Å². The van der Waals surface area contributed by atoms with E-state index in [-0.39, 0.29) is 44.5 Å². The number of carbonyl (C=O) groups is 5. The molecule has 11 heteroatoms. The van der Waals surface area contributed by atoms with Crippen molar-refractivity contribution in [3.63, 3.8) is 0 Å². The highest BCUT2D eigenvalue weighted by Gasteiger charge is 2.38. The van der Waals surface area contributed by atoms with E-state index in [0.29, 0.717) is 12.6 Å². The van der Waals surface area contributed by atoms with Gasteiger partial charge in [-0.05, 0) is 25.7 Å². The second kappa shape index (κ2) is 13.6. The van der Waals surface area contributed by atoms with E-state index in [4.69, 9.17) is 14.9 Å². The fourth-order valence-electron chi connectivity index (χ4n) is 3.15. The number of rotatable bonds is 14. The van der Waals surface area contributed by atoms with Gasteiger partial charge in [0.05, 0.1) is 26.0 Å². The Morgan fingerprint density at radius 2 is 1.69 bits per heavy atom. The van der Waals surface area contributed by atoms with Crippen LogP contribution in [0.1, 0.15) is 47.0 Å². The molecule has 11 nitrogen and oxygen atoms in total. The molecule has 0 aromatic rings. The zero-order valence-electron chi connectivity index (χ0n) is 19.1. The lowest BCUT2D eigenvalue weighted by Crippen LogP contribution is -2.59. The predicted octanol–water partition coefficient (Wildman–Crippen LogP) is -0.285. The highest BCUT2D eigenvalue weighted by molar-refractivity contribution is 6.26. The van der Waals surface area contributed by atoms with Gasteiger partial charge in [0.15, 0.2) is 5.78 Å². The van der Waals surface area contributed by atoms with Gasteiger partial charge in [0.1, 0.15) is 18.1 Å². The fourth-order valence-corrected chi connectivity index (χ4v) is 3.15. The molecule has 3 amide bonds. The summed E-state index contributed by atoms with van der Waals surface area (Å²) in [6.45, 7) is 7.42. The maximum Gasteiger partial charge on any atom is 0.329 e. The molecule has 0 radical (unpaired) electrons. The van der Waals surface area contributed by atoms with Crippen molar-refractivity contribution in [1.82, 2.24) is 16.0 Å². The number of hydrogen-bond acceptors (Lipinski definition) is 8. The minimum Gasteiger partial charge on any atom is -0.464 e. The molecule has 4 N–H and O–H groups in total. The number of esters is 1. The molecule has 0 bridgehead atoms. The average molecular weight is 455 g/mol. The van der Waals surface area contributed by atoms with Gasteiger partial charge in [-0.2, -0.15) is 0 Å². The molecule has 1 aliphatic rings. The van der Waals surface area contributed by atoms with Gasteiger partial charge in [-0.25, -0.2) is 4.79 Å². The zero-order valence-corrected chi connectivity index (χ0v) is 19.1. The van der Waals surface area contributed by atoms with Crippen molar-refractivity contribution in [3.05, 3.63) is 0 Å². The van der Waals surface area contributed by atoms with Crippen LogP contribution in [0, 0.1) is 17.2 Å². The predicted molar refractivity (Wildman–Crippen MR) is 115 cm³/mol. The van der Waals surface area contributed by atoms with Crippen LogP contribution in [0.25, 0.3) is 0 Å². The first-order valence-corrected chi connectivity index (χ1v) is 10.7. The van der Waals surface area contributed by atoms with Gasteiger partial charge < -0.3 is 30.8 Å². The summed E-state index contributed by atoms with van der Waals surface area (Å²) in [5.41, 5.74) is 0.